The molecule has 0 atom stereocenters. The maximum atomic E-state index is 12.5. The van der Waals surface area contributed by atoms with Crippen LogP contribution >= 0.6 is 22.9 Å². The number of aromatic amines is 1. The van der Waals surface area contributed by atoms with Crippen molar-refractivity contribution in [1.29, 1.82) is 0 Å². The smallest absolute Gasteiger partial charge is 0.273 e. The van der Waals surface area contributed by atoms with Crippen LogP contribution in [-0.4, -0.2) is 15.9 Å². The zero-order valence-corrected chi connectivity index (χ0v) is 14.5. The quantitative estimate of drug-likeness (QED) is 0.527. The average Bonchev–Trinajstić information content (AvgIpc) is 3.18. The number of nitrogens with zero attached hydrogens (tertiary/aromatic N) is 1. The van der Waals surface area contributed by atoms with Crippen molar-refractivity contribution < 1.29 is 4.79 Å². The van der Waals surface area contributed by atoms with Gasteiger partial charge in [-0.1, -0.05) is 48.1 Å². The molecule has 0 aliphatic carbocycles. The molecule has 1 amide bonds. The predicted molar refractivity (Wildman–Crippen MR) is 100 cm³/mol. The van der Waals surface area contributed by atoms with Crippen LogP contribution in [0.5, 0.6) is 0 Å². The van der Waals surface area contributed by atoms with Crippen molar-refractivity contribution in [2.24, 2.45) is 0 Å². The first kappa shape index (κ1) is 15.2. The van der Waals surface area contributed by atoms with E-state index in [9.17, 15) is 4.79 Å². The molecule has 0 fully saturated rings. The molecule has 120 valence electrons. The summed E-state index contributed by atoms with van der Waals surface area (Å²) in [7, 11) is 0. The molecule has 4 aromatic rings. The zero-order valence-electron chi connectivity index (χ0n) is 12.9. The molecule has 0 aliphatic rings. The average molecular weight is 356 g/mol. The van der Waals surface area contributed by atoms with Crippen molar-refractivity contribution >= 4 is 55.1 Å². The number of halogens is 1. The number of thiazole rings is 1. The third kappa shape index (κ3) is 2.66. The largest absolute Gasteiger partial charge is 0.349 e. The highest BCUT2D eigenvalue weighted by atomic mass is 35.5. The van der Waals surface area contributed by atoms with Gasteiger partial charge in [-0.05, 0) is 36.2 Å². The molecule has 2 N–H and O–H groups in total. The number of anilines is 1. The summed E-state index contributed by atoms with van der Waals surface area (Å²) in [5.41, 5.74) is 3.38. The summed E-state index contributed by atoms with van der Waals surface area (Å²) in [6.07, 6.45) is 0.978. The lowest BCUT2D eigenvalue weighted by Crippen LogP contribution is -2.11. The van der Waals surface area contributed by atoms with Gasteiger partial charge in [0, 0.05) is 5.39 Å². The van der Waals surface area contributed by atoms with Crippen LogP contribution in [0.4, 0.5) is 5.13 Å². The molecule has 2 aromatic heterocycles. The number of amides is 1. The maximum Gasteiger partial charge on any atom is 0.273 e. The Morgan fingerprint density at radius 2 is 2.17 bits per heavy atom. The number of benzene rings is 2. The van der Waals surface area contributed by atoms with Crippen LogP contribution in [0.2, 0.25) is 5.02 Å². The number of rotatable bonds is 3. The molecule has 24 heavy (non-hydrogen) atoms. The number of hydrogen-bond acceptors (Lipinski definition) is 3. The van der Waals surface area contributed by atoms with Gasteiger partial charge in [0.15, 0.2) is 5.13 Å². The molecule has 4 nitrogen and oxygen atoms in total. The molecule has 0 spiro atoms. The van der Waals surface area contributed by atoms with E-state index >= 15 is 0 Å². The summed E-state index contributed by atoms with van der Waals surface area (Å²) in [5, 5.41) is 4.95. The Morgan fingerprint density at radius 3 is 2.96 bits per heavy atom. The van der Waals surface area contributed by atoms with E-state index in [-0.39, 0.29) is 5.91 Å². The maximum absolute atomic E-state index is 12.5. The van der Waals surface area contributed by atoms with Gasteiger partial charge >= 0.3 is 0 Å². The second-order valence-corrected chi connectivity index (χ2v) is 6.95. The normalized spacial score (nSPS) is 11.2. The topological polar surface area (TPSA) is 57.8 Å². The van der Waals surface area contributed by atoms with Crippen LogP contribution in [-0.2, 0) is 6.42 Å². The number of para-hydroxylation sites is 1. The first-order valence-corrected chi connectivity index (χ1v) is 8.81. The van der Waals surface area contributed by atoms with Gasteiger partial charge in [-0.15, -0.1) is 0 Å². The van der Waals surface area contributed by atoms with E-state index in [2.05, 4.69) is 34.3 Å². The summed E-state index contributed by atoms with van der Waals surface area (Å²) < 4.78 is 1.07. The minimum Gasteiger partial charge on any atom is -0.349 e. The Kier molecular flexibility index (Phi) is 3.75. The molecule has 0 radical (unpaired) electrons. The summed E-state index contributed by atoms with van der Waals surface area (Å²) in [5.74, 6) is -0.225. The summed E-state index contributed by atoms with van der Waals surface area (Å²) in [4.78, 5) is 20.0. The van der Waals surface area contributed by atoms with E-state index in [1.165, 1.54) is 16.9 Å². The van der Waals surface area contributed by atoms with Gasteiger partial charge in [-0.2, -0.15) is 0 Å². The SMILES string of the molecule is CCc1ccc2nc(NC(=O)c3cc4cccc(Cl)c4[nH]3)sc2c1. The van der Waals surface area contributed by atoms with Crippen molar-refractivity contribution in [3.8, 4) is 0 Å². The van der Waals surface area contributed by atoms with Crippen LogP contribution in [0, 0.1) is 0 Å². The van der Waals surface area contributed by atoms with Crippen LogP contribution in [0.15, 0.2) is 42.5 Å². The number of fused-ring (bicyclic) bond motifs is 2. The Morgan fingerprint density at radius 1 is 1.29 bits per heavy atom. The molecule has 0 saturated heterocycles. The Labute approximate surface area is 147 Å². The van der Waals surface area contributed by atoms with E-state index in [1.807, 2.05) is 18.2 Å². The number of carbonyl (C=O) groups excluding carboxylic acids is 1. The van der Waals surface area contributed by atoms with E-state index in [1.54, 1.807) is 12.1 Å². The third-order valence-electron chi connectivity index (χ3n) is 3.93. The number of aryl methyl sites for hydroxylation is 1. The second-order valence-electron chi connectivity index (χ2n) is 5.52. The lowest BCUT2D eigenvalue weighted by atomic mass is 10.2. The zero-order chi connectivity index (χ0) is 16.7. The van der Waals surface area contributed by atoms with Gasteiger partial charge in [0.2, 0.25) is 0 Å². The highest BCUT2D eigenvalue weighted by Crippen LogP contribution is 2.28. The molecule has 0 aliphatic heterocycles. The molecule has 4 rings (SSSR count). The highest BCUT2D eigenvalue weighted by molar-refractivity contribution is 7.22. The van der Waals surface area contributed by atoms with E-state index in [0.29, 0.717) is 15.8 Å². The minimum atomic E-state index is -0.225. The van der Waals surface area contributed by atoms with Crippen molar-refractivity contribution in [3.63, 3.8) is 0 Å². The minimum absolute atomic E-state index is 0.225. The molecular formula is C18H14ClN3OS. The molecule has 6 heteroatoms. The van der Waals surface area contributed by atoms with Crippen LogP contribution in [0.1, 0.15) is 23.0 Å². The number of carbonyl (C=O) groups is 1. The van der Waals surface area contributed by atoms with Crippen molar-refractivity contribution in [2.75, 3.05) is 5.32 Å². The third-order valence-corrected chi connectivity index (χ3v) is 5.18. The van der Waals surface area contributed by atoms with Crippen molar-refractivity contribution in [3.05, 3.63) is 58.7 Å². The molecular weight excluding hydrogens is 342 g/mol. The fraction of sp³-hybridized carbons (Fsp3) is 0.111. The van der Waals surface area contributed by atoms with Gasteiger partial charge < -0.3 is 4.98 Å². The Bertz CT molecular complexity index is 1070. The fourth-order valence-electron chi connectivity index (χ4n) is 2.65. The van der Waals surface area contributed by atoms with Crippen LogP contribution < -0.4 is 5.32 Å². The summed E-state index contributed by atoms with van der Waals surface area (Å²) in [6.45, 7) is 2.12. The molecule has 0 unspecified atom stereocenters. The molecule has 0 bridgehead atoms. The van der Waals surface area contributed by atoms with E-state index in [0.717, 1.165) is 27.5 Å². The summed E-state index contributed by atoms with van der Waals surface area (Å²) >= 11 is 7.62. The fourth-order valence-corrected chi connectivity index (χ4v) is 3.80. The van der Waals surface area contributed by atoms with Gasteiger partial charge in [0.1, 0.15) is 5.69 Å². The number of H-pyrrole nitrogens is 1. The van der Waals surface area contributed by atoms with Crippen LogP contribution in [0.3, 0.4) is 0 Å². The highest BCUT2D eigenvalue weighted by Gasteiger charge is 2.13. The Hall–Kier alpha value is -2.37. The van der Waals surface area contributed by atoms with Crippen molar-refractivity contribution in [2.45, 2.75) is 13.3 Å². The van der Waals surface area contributed by atoms with Gasteiger partial charge in [0.05, 0.1) is 20.8 Å². The number of aromatic nitrogens is 2. The van der Waals surface area contributed by atoms with Gasteiger partial charge in [0.25, 0.3) is 5.91 Å². The van der Waals surface area contributed by atoms with E-state index in [4.69, 9.17) is 11.6 Å². The van der Waals surface area contributed by atoms with Crippen molar-refractivity contribution in [1.82, 2.24) is 9.97 Å². The predicted octanol–water partition coefficient (Wildman–Crippen LogP) is 5.25. The van der Waals surface area contributed by atoms with Gasteiger partial charge in [-0.25, -0.2) is 4.98 Å². The second kappa shape index (κ2) is 5.92. The van der Waals surface area contributed by atoms with E-state index < -0.39 is 0 Å². The first-order chi connectivity index (χ1) is 11.6. The lowest BCUT2D eigenvalue weighted by molar-refractivity contribution is 0.102. The Balaban J connectivity index is 1.64. The number of hydrogen-bond donors (Lipinski definition) is 2. The molecule has 2 aromatic carbocycles. The molecule has 0 saturated carbocycles. The molecule has 2 heterocycles. The lowest BCUT2D eigenvalue weighted by Gasteiger charge is -1.97. The summed E-state index contributed by atoms with van der Waals surface area (Å²) in [6, 6.07) is 13.5. The van der Waals surface area contributed by atoms with Crippen LogP contribution in [0.25, 0.3) is 21.1 Å². The standard InChI is InChI=1S/C18H14ClN3OS/c1-2-10-6-7-13-15(8-10)24-18(21-13)22-17(23)14-9-11-4-3-5-12(19)16(11)20-14/h3-9,20H,2H2,1H3,(H,21,22,23). The van der Waals surface area contributed by atoms with Gasteiger partial charge in [-0.3, -0.25) is 10.1 Å². The first-order valence-electron chi connectivity index (χ1n) is 7.62. The monoisotopic (exact) mass is 355 g/mol. The number of nitrogens with one attached hydrogen (secondary N) is 2.